The normalized spacial score (nSPS) is 17.5. The monoisotopic (exact) mass is 429 g/mol. The van der Waals surface area contributed by atoms with Crippen molar-refractivity contribution in [3.05, 3.63) is 95.1 Å². The lowest BCUT2D eigenvalue weighted by Crippen LogP contribution is -2.29. The number of aryl methyl sites for hydroxylation is 1. The van der Waals surface area contributed by atoms with Gasteiger partial charge in [0.25, 0.3) is 11.7 Å². The van der Waals surface area contributed by atoms with Crippen LogP contribution in [0.25, 0.3) is 5.76 Å². The Bertz CT molecular complexity index is 1220. The zero-order chi connectivity index (χ0) is 22.8. The molecule has 4 rings (SSSR count). The Morgan fingerprint density at radius 3 is 2.31 bits per heavy atom. The van der Waals surface area contributed by atoms with Gasteiger partial charge in [-0.2, -0.15) is 0 Å². The molecule has 6 heteroatoms. The SMILES string of the molecule is COc1ccc([C@H]2/C(=C(\O)c3ccccc3)C(=O)C(=O)N2c2cccc(C)c2)c(OC)c1. The number of nitrogens with zero attached hydrogens (tertiary/aromatic N) is 1. The van der Waals surface area contributed by atoms with Crippen molar-refractivity contribution in [2.75, 3.05) is 19.1 Å². The number of anilines is 1. The Balaban J connectivity index is 2.00. The van der Waals surface area contributed by atoms with Gasteiger partial charge in [-0.25, -0.2) is 0 Å². The number of carbonyl (C=O) groups excluding carboxylic acids is 2. The van der Waals surface area contributed by atoms with E-state index in [2.05, 4.69) is 0 Å². The number of amides is 1. The van der Waals surface area contributed by atoms with E-state index in [0.29, 0.717) is 28.3 Å². The number of ketones is 1. The smallest absolute Gasteiger partial charge is 0.300 e. The zero-order valence-electron chi connectivity index (χ0n) is 18.0. The van der Waals surface area contributed by atoms with E-state index >= 15 is 0 Å². The average molecular weight is 429 g/mol. The summed E-state index contributed by atoms with van der Waals surface area (Å²) in [6.45, 7) is 1.91. The standard InChI is InChI=1S/C26H23NO5/c1-16-8-7-11-18(14-16)27-23(20-13-12-19(31-2)15-21(20)32-3)22(25(29)26(27)30)24(28)17-9-5-4-6-10-17/h4-15,23,28H,1-3H3/b24-22+/t23-/m0/s1. The molecule has 162 valence electrons. The summed E-state index contributed by atoms with van der Waals surface area (Å²) < 4.78 is 10.9. The van der Waals surface area contributed by atoms with Crippen LogP contribution in [0.3, 0.4) is 0 Å². The van der Waals surface area contributed by atoms with Crippen LogP contribution in [0.4, 0.5) is 5.69 Å². The van der Waals surface area contributed by atoms with Gasteiger partial charge in [-0.05, 0) is 36.8 Å². The molecule has 1 N–H and O–H groups in total. The Morgan fingerprint density at radius 2 is 1.66 bits per heavy atom. The fourth-order valence-corrected chi connectivity index (χ4v) is 3.97. The van der Waals surface area contributed by atoms with Crippen LogP contribution in [0.5, 0.6) is 11.5 Å². The van der Waals surface area contributed by atoms with Crippen LogP contribution < -0.4 is 14.4 Å². The van der Waals surface area contributed by atoms with Crippen molar-refractivity contribution >= 4 is 23.1 Å². The van der Waals surface area contributed by atoms with E-state index in [0.717, 1.165) is 5.56 Å². The predicted molar refractivity (Wildman–Crippen MR) is 122 cm³/mol. The van der Waals surface area contributed by atoms with Crippen molar-refractivity contribution in [3.63, 3.8) is 0 Å². The molecule has 1 aliphatic heterocycles. The van der Waals surface area contributed by atoms with Crippen LogP contribution >= 0.6 is 0 Å². The van der Waals surface area contributed by atoms with E-state index in [4.69, 9.17) is 9.47 Å². The highest BCUT2D eigenvalue weighted by molar-refractivity contribution is 6.51. The highest BCUT2D eigenvalue weighted by Crippen LogP contribution is 2.45. The highest BCUT2D eigenvalue weighted by Gasteiger charge is 2.48. The van der Waals surface area contributed by atoms with Crippen molar-refractivity contribution in [3.8, 4) is 11.5 Å². The number of methoxy groups -OCH3 is 2. The molecule has 1 atom stereocenters. The summed E-state index contributed by atoms with van der Waals surface area (Å²) in [6.07, 6.45) is 0. The topological polar surface area (TPSA) is 76.1 Å². The first-order valence-corrected chi connectivity index (χ1v) is 10.1. The number of Topliss-reactive ketones (excluding diaryl/α,β-unsaturated/α-hetero) is 1. The lowest BCUT2D eigenvalue weighted by atomic mass is 9.94. The molecule has 0 saturated carbocycles. The second kappa shape index (κ2) is 8.59. The molecule has 1 amide bonds. The fourth-order valence-electron chi connectivity index (χ4n) is 3.97. The van der Waals surface area contributed by atoms with Gasteiger partial charge in [0.2, 0.25) is 0 Å². The summed E-state index contributed by atoms with van der Waals surface area (Å²) in [5.74, 6) is -0.692. The van der Waals surface area contributed by atoms with E-state index in [1.54, 1.807) is 55.6 Å². The number of hydrogen-bond acceptors (Lipinski definition) is 5. The maximum atomic E-state index is 13.2. The maximum Gasteiger partial charge on any atom is 0.300 e. The third-order valence-corrected chi connectivity index (χ3v) is 5.51. The summed E-state index contributed by atoms with van der Waals surface area (Å²) in [5, 5.41) is 11.1. The van der Waals surface area contributed by atoms with Crippen molar-refractivity contribution in [2.24, 2.45) is 0 Å². The van der Waals surface area contributed by atoms with Crippen molar-refractivity contribution in [2.45, 2.75) is 13.0 Å². The average Bonchev–Trinajstić information content (AvgIpc) is 3.08. The number of aliphatic hydroxyl groups is 1. The Morgan fingerprint density at radius 1 is 0.906 bits per heavy atom. The van der Waals surface area contributed by atoms with Gasteiger partial charge >= 0.3 is 0 Å². The second-order valence-electron chi connectivity index (χ2n) is 7.48. The maximum absolute atomic E-state index is 13.2. The molecule has 1 heterocycles. The number of aliphatic hydroxyl groups excluding tert-OH is 1. The number of benzene rings is 3. The summed E-state index contributed by atoms with van der Waals surface area (Å²) >= 11 is 0. The molecular weight excluding hydrogens is 406 g/mol. The fraction of sp³-hybridized carbons (Fsp3) is 0.154. The molecule has 3 aromatic rings. The third kappa shape index (κ3) is 3.60. The predicted octanol–water partition coefficient (Wildman–Crippen LogP) is 4.64. The zero-order valence-corrected chi connectivity index (χ0v) is 18.0. The lowest BCUT2D eigenvalue weighted by molar-refractivity contribution is -0.132. The molecule has 1 fully saturated rings. The first-order valence-electron chi connectivity index (χ1n) is 10.1. The number of ether oxygens (including phenoxy) is 2. The molecule has 32 heavy (non-hydrogen) atoms. The van der Waals surface area contributed by atoms with Gasteiger partial charge in [0.1, 0.15) is 17.3 Å². The lowest BCUT2D eigenvalue weighted by Gasteiger charge is -2.27. The van der Waals surface area contributed by atoms with E-state index in [1.807, 2.05) is 31.2 Å². The molecular formula is C26H23NO5. The van der Waals surface area contributed by atoms with Crippen molar-refractivity contribution in [1.29, 1.82) is 0 Å². The van der Waals surface area contributed by atoms with E-state index in [-0.39, 0.29) is 11.3 Å². The van der Waals surface area contributed by atoms with E-state index in [9.17, 15) is 14.7 Å². The molecule has 0 unspecified atom stereocenters. The van der Waals surface area contributed by atoms with Crippen LogP contribution in [0.2, 0.25) is 0 Å². The largest absolute Gasteiger partial charge is 0.507 e. The minimum atomic E-state index is -0.877. The minimum Gasteiger partial charge on any atom is -0.507 e. The van der Waals surface area contributed by atoms with Gasteiger partial charge in [-0.15, -0.1) is 0 Å². The summed E-state index contributed by atoms with van der Waals surface area (Å²) in [4.78, 5) is 27.9. The van der Waals surface area contributed by atoms with Crippen LogP contribution in [-0.2, 0) is 9.59 Å². The van der Waals surface area contributed by atoms with Gasteiger partial charge < -0.3 is 14.6 Å². The van der Waals surface area contributed by atoms with Crippen LogP contribution in [0, 0.1) is 6.92 Å². The van der Waals surface area contributed by atoms with Gasteiger partial charge in [-0.1, -0.05) is 42.5 Å². The van der Waals surface area contributed by atoms with Crippen LogP contribution in [0.15, 0.2) is 78.4 Å². The summed E-state index contributed by atoms with van der Waals surface area (Å²) in [5.41, 5.74) is 2.51. The third-order valence-electron chi connectivity index (χ3n) is 5.51. The van der Waals surface area contributed by atoms with Crippen LogP contribution in [0.1, 0.15) is 22.7 Å². The molecule has 6 nitrogen and oxygen atoms in total. The Kier molecular flexibility index (Phi) is 5.69. The molecule has 0 bridgehead atoms. The quantitative estimate of drug-likeness (QED) is 0.363. The molecule has 3 aromatic carbocycles. The van der Waals surface area contributed by atoms with E-state index in [1.165, 1.54) is 12.0 Å². The Hall–Kier alpha value is -4.06. The first kappa shape index (κ1) is 21.2. The van der Waals surface area contributed by atoms with Crippen LogP contribution in [-0.4, -0.2) is 31.0 Å². The molecule has 1 aliphatic rings. The number of hydrogen-bond donors (Lipinski definition) is 1. The second-order valence-corrected chi connectivity index (χ2v) is 7.48. The van der Waals surface area contributed by atoms with Gasteiger partial charge in [0.05, 0.1) is 25.8 Å². The van der Waals surface area contributed by atoms with Crippen molar-refractivity contribution in [1.82, 2.24) is 0 Å². The number of carbonyl (C=O) groups is 2. The molecule has 0 radical (unpaired) electrons. The van der Waals surface area contributed by atoms with Gasteiger partial charge in [-0.3, -0.25) is 14.5 Å². The molecule has 1 saturated heterocycles. The molecule has 0 aliphatic carbocycles. The highest BCUT2D eigenvalue weighted by atomic mass is 16.5. The van der Waals surface area contributed by atoms with Crippen molar-refractivity contribution < 1.29 is 24.2 Å². The number of rotatable bonds is 5. The summed E-state index contributed by atoms with van der Waals surface area (Å²) in [6, 6.07) is 20.3. The molecule has 0 aromatic heterocycles. The van der Waals surface area contributed by atoms with E-state index < -0.39 is 17.7 Å². The first-order chi connectivity index (χ1) is 15.5. The van der Waals surface area contributed by atoms with Gasteiger partial charge in [0, 0.05) is 22.9 Å². The Labute approximate surface area is 186 Å². The minimum absolute atomic E-state index is 0.00572. The summed E-state index contributed by atoms with van der Waals surface area (Å²) in [7, 11) is 3.05. The van der Waals surface area contributed by atoms with Gasteiger partial charge in [0.15, 0.2) is 0 Å². The molecule has 0 spiro atoms.